The number of aliphatic hydroxyl groups excluding tert-OH is 2. The predicted molar refractivity (Wildman–Crippen MR) is 123 cm³/mol. The van der Waals surface area contributed by atoms with Gasteiger partial charge in [0.15, 0.2) is 0 Å². The first-order valence-electron chi connectivity index (χ1n) is 10.0. The number of carbonyl (C=O) groups excluding carboxylic acids is 1. The van der Waals surface area contributed by atoms with Gasteiger partial charge >= 0.3 is 0 Å². The summed E-state index contributed by atoms with van der Waals surface area (Å²) in [7, 11) is 0. The standard InChI is InChI=1S/C24H26ClN3O3/c1-15-12-26-23(27-16(2)13-29)11-21(15)17-6-8-18(9-7-17)24(31)28-22(14-30)19-4-3-5-20(25)10-19/h3-12,16,22,29-30H,13-14H2,1-2H3,(H,26,27)(H,28,31)/t16-,22+/m0/s1. The molecule has 0 spiro atoms. The fraction of sp³-hybridized carbons (Fsp3) is 0.250. The van der Waals surface area contributed by atoms with E-state index >= 15 is 0 Å². The van der Waals surface area contributed by atoms with Crippen molar-refractivity contribution in [1.82, 2.24) is 10.3 Å². The van der Waals surface area contributed by atoms with Crippen molar-refractivity contribution in [1.29, 1.82) is 0 Å². The molecule has 0 aliphatic heterocycles. The minimum Gasteiger partial charge on any atom is -0.394 e. The molecular weight excluding hydrogens is 414 g/mol. The summed E-state index contributed by atoms with van der Waals surface area (Å²) in [5, 5.41) is 25.5. The minimum atomic E-state index is -0.546. The maximum Gasteiger partial charge on any atom is 0.251 e. The van der Waals surface area contributed by atoms with Gasteiger partial charge in [-0.25, -0.2) is 4.98 Å². The van der Waals surface area contributed by atoms with Gasteiger partial charge in [0.05, 0.1) is 19.3 Å². The lowest BCUT2D eigenvalue weighted by Crippen LogP contribution is -2.30. The molecule has 1 amide bonds. The Bertz CT molecular complexity index is 1040. The number of anilines is 1. The number of carbonyl (C=O) groups is 1. The second kappa shape index (κ2) is 10.4. The Balaban J connectivity index is 1.76. The summed E-state index contributed by atoms with van der Waals surface area (Å²) in [6.45, 7) is 3.62. The van der Waals surface area contributed by atoms with Gasteiger partial charge in [0.2, 0.25) is 0 Å². The predicted octanol–water partition coefficient (Wildman–Crippen LogP) is 3.97. The molecule has 2 aromatic carbocycles. The Morgan fingerprint density at radius 3 is 2.48 bits per heavy atom. The lowest BCUT2D eigenvalue weighted by Gasteiger charge is -2.17. The normalized spacial score (nSPS) is 12.8. The van der Waals surface area contributed by atoms with Crippen molar-refractivity contribution in [3.05, 3.63) is 82.5 Å². The third-order valence-corrected chi connectivity index (χ3v) is 5.20. The minimum absolute atomic E-state index is 0.0126. The summed E-state index contributed by atoms with van der Waals surface area (Å²) in [6.07, 6.45) is 1.78. The molecule has 0 unspecified atom stereocenters. The van der Waals surface area contributed by atoms with Crippen LogP contribution in [0.4, 0.5) is 5.82 Å². The van der Waals surface area contributed by atoms with E-state index in [9.17, 15) is 15.0 Å². The molecule has 162 valence electrons. The van der Waals surface area contributed by atoms with Crippen LogP contribution < -0.4 is 10.6 Å². The van der Waals surface area contributed by atoms with Crippen molar-refractivity contribution in [3.63, 3.8) is 0 Å². The van der Waals surface area contributed by atoms with Crippen molar-refractivity contribution in [3.8, 4) is 11.1 Å². The zero-order chi connectivity index (χ0) is 22.4. The van der Waals surface area contributed by atoms with Gasteiger partial charge in [-0.05, 0) is 66.4 Å². The van der Waals surface area contributed by atoms with E-state index in [2.05, 4.69) is 15.6 Å². The Kier molecular flexibility index (Phi) is 7.63. The SMILES string of the molecule is Cc1cnc(N[C@@H](C)CO)cc1-c1ccc(C(=O)N[C@H](CO)c2cccc(Cl)c2)cc1. The molecule has 3 aromatic rings. The van der Waals surface area contributed by atoms with Crippen LogP contribution in [-0.4, -0.2) is 40.4 Å². The maximum absolute atomic E-state index is 12.7. The Hall–Kier alpha value is -2.93. The van der Waals surface area contributed by atoms with E-state index < -0.39 is 6.04 Å². The van der Waals surface area contributed by atoms with Crippen LogP contribution in [0.5, 0.6) is 0 Å². The van der Waals surface area contributed by atoms with Crippen LogP contribution >= 0.6 is 11.6 Å². The molecule has 0 saturated heterocycles. The summed E-state index contributed by atoms with van der Waals surface area (Å²) in [5.74, 6) is 0.396. The van der Waals surface area contributed by atoms with E-state index in [1.165, 1.54) is 0 Å². The number of amides is 1. The molecule has 0 aliphatic rings. The summed E-state index contributed by atoms with van der Waals surface area (Å²) in [4.78, 5) is 17.1. The molecule has 4 N–H and O–H groups in total. The summed E-state index contributed by atoms with van der Waals surface area (Å²) >= 11 is 6.02. The number of pyridine rings is 1. The zero-order valence-electron chi connectivity index (χ0n) is 17.5. The molecule has 31 heavy (non-hydrogen) atoms. The van der Waals surface area contributed by atoms with Gasteiger partial charge in [-0.15, -0.1) is 0 Å². The molecule has 7 heteroatoms. The molecule has 0 fully saturated rings. The summed E-state index contributed by atoms with van der Waals surface area (Å²) in [5.41, 5.74) is 4.17. The molecule has 0 radical (unpaired) electrons. The average Bonchev–Trinajstić information content (AvgIpc) is 2.78. The molecule has 2 atom stereocenters. The maximum atomic E-state index is 12.7. The third kappa shape index (κ3) is 5.82. The van der Waals surface area contributed by atoms with E-state index in [1.54, 1.807) is 36.5 Å². The number of nitrogens with zero attached hydrogens (tertiary/aromatic N) is 1. The number of benzene rings is 2. The number of aliphatic hydroxyl groups is 2. The van der Waals surface area contributed by atoms with Crippen molar-refractivity contribution < 1.29 is 15.0 Å². The lowest BCUT2D eigenvalue weighted by molar-refractivity contribution is 0.0916. The van der Waals surface area contributed by atoms with E-state index in [0.29, 0.717) is 16.4 Å². The van der Waals surface area contributed by atoms with Gasteiger partial charge in [-0.2, -0.15) is 0 Å². The quantitative estimate of drug-likeness (QED) is 0.426. The van der Waals surface area contributed by atoms with Crippen LogP contribution in [0.3, 0.4) is 0 Å². The number of aromatic nitrogens is 1. The van der Waals surface area contributed by atoms with Crippen molar-refractivity contribution >= 4 is 23.3 Å². The molecule has 0 saturated carbocycles. The van der Waals surface area contributed by atoms with Crippen molar-refractivity contribution in [2.45, 2.75) is 25.9 Å². The molecule has 1 aromatic heterocycles. The zero-order valence-corrected chi connectivity index (χ0v) is 18.2. The lowest BCUT2D eigenvalue weighted by atomic mass is 10.0. The number of hydrogen-bond acceptors (Lipinski definition) is 5. The van der Waals surface area contributed by atoms with Crippen LogP contribution in [0.25, 0.3) is 11.1 Å². The molecule has 6 nitrogen and oxygen atoms in total. The smallest absolute Gasteiger partial charge is 0.251 e. The summed E-state index contributed by atoms with van der Waals surface area (Å²) in [6, 6.07) is 15.6. The largest absolute Gasteiger partial charge is 0.394 e. The number of aryl methyl sites for hydroxylation is 1. The first-order chi connectivity index (χ1) is 14.9. The van der Waals surface area contributed by atoms with Gasteiger partial charge in [0, 0.05) is 22.8 Å². The summed E-state index contributed by atoms with van der Waals surface area (Å²) < 4.78 is 0. The van der Waals surface area contributed by atoms with Gasteiger partial charge < -0.3 is 20.8 Å². The van der Waals surface area contributed by atoms with Crippen LogP contribution in [0, 0.1) is 6.92 Å². The Morgan fingerprint density at radius 2 is 1.84 bits per heavy atom. The number of halogens is 1. The van der Waals surface area contributed by atoms with E-state index in [4.69, 9.17) is 11.6 Å². The van der Waals surface area contributed by atoms with E-state index in [1.807, 2.05) is 38.1 Å². The van der Waals surface area contributed by atoms with Crippen molar-refractivity contribution in [2.24, 2.45) is 0 Å². The third-order valence-electron chi connectivity index (χ3n) is 4.97. The molecular formula is C24H26ClN3O3. The first kappa shape index (κ1) is 22.7. The fourth-order valence-electron chi connectivity index (χ4n) is 3.21. The van der Waals surface area contributed by atoms with E-state index in [0.717, 1.165) is 22.3 Å². The highest BCUT2D eigenvalue weighted by Gasteiger charge is 2.16. The highest BCUT2D eigenvalue weighted by Crippen LogP contribution is 2.26. The van der Waals surface area contributed by atoms with Gasteiger partial charge in [0.1, 0.15) is 5.82 Å². The highest BCUT2D eigenvalue weighted by molar-refractivity contribution is 6.30. The molecule has 0 aliphatic carbocycles. The first-order valence-corrected chi connectivity index (χ1v) is 10.4. The number of rotatable bonds is 8. The van der Waals surface area contributed by atoms with Crippen LogP contribution in [0.1, 0.15) is 34.5 Å². The van der Waals surface area contributed by atoms with Gasteiger partial charge in [0.25, 0.3) is 5.91 Å². The second-order valence-corrected chi connectivity index (χ2v) is 7.89. The number of nitrogens with one attached hydrogen (secondary N) is 2. The average molecular weight is 440 g/mol. The Labute approximate surface area is 186 Å². The molecule has 0 bridgehead atoms. The molecule has 3 rings (SSSR count). The highest BCUT2D eigenvalue weighted by atomic mass is 35.5. The number of hydrogen-bond donors (Lipinski definition) is 4. The van der Waals surface area contributed by atoms with Crippen LogP contribution in [0.15, 0.2) is 60.8 Å². The molecule has 1 heterocycles. The van der Waals surface area contributed by atoms with E-state index in [-0.39, 0.29) is 25.2 Å². The fourth-order valence-corrected chi connectivity index (χ4v) is 3.41. The Morgan fingerprint density at radius 1 is 1.10 bits per heavy atom. The second-order valence-electron chi connectivity index (χ2n) is 7.45. The van der Waals surface area contributed by atoms with Crippen LogP contribution in [0.2, 0.25) is 5.02 Å². The topological polar surface area (TPSA) is 94.5 Å². The van der Waals surface area contributed by atoms with Crippen molar-refractivity contribution in [2.75, 3.05) is 18.5 Å². The monoisotopic (exact) mass is 439 g/mol. The van der Waals surface area contributed by atoms with Gasteiger partial charge in [-0.1, -0.05) is 35.9 Å². The van der Waals surface area contributed by atoms with Gasteiger partial charge in [-0.3, -0.25) is 4.79 Å². The van der Waals surface area contributed by atoms with Crippen LogP contribution in [-0.2, 0) is 0 Å².